The first-order valence-electron chi connectivity index (χ1n) is 4.51. The largest absolute Gasteiger partial charge is 0.495 e. The van der Waals surface area contributed by atoms with Crippen LogP contribution >= 0.6 is 0 Å². The van der Waals surface area contributed by atoms with Gasteiger partial charge in [-0.15, -0.1) is 0 Å². The van der Waals surface area contributed by atoms with Gasteiger partial charge in [0.15, 0.2) is 5.78 Å². The molecule has 17 heavy (non-hydrogen) atoms. The quantitative estimate of drug-likeness (QED) is 0.779. The zero-order valence-electron chi connectivity index (χ0n) is 9.11. The molecule has 0 spiro atoms. The molecule has 1 aromatic carbocycles. The summed E-state index contributed by atoms with van der Waals surface area (Å²) in [7, 11) is -3.59. The lowest BCUT2D eigenvalue weighted by Crippen LogP contribution is -2.13. The van der Waals surface area contributed by atoms with Crippen LogP contribution in [0.5, 0.6) is 5.75 Å². The molecule has 0 aliphatic rings. The van der Waals surface area contributed by atoms with Crippen LogP contribution in [0.2, 0.25) is 0 Å². The van der Waals surface area contributed by atoms with Gasteiger partial charge in [0.2, 0.25) is 9.84 Å². The summed E-state index contributed by atoms with van der Waals surface area (Å²) in [5, 5.41) is 0. The van der Waals surface area contributed by atoms with Crippen LogP contribution in [0.25, 0.3) is 0 Å². The van der Waals surface area contributed by atoms with Gasteiger partial charge in [-0.3, -0.25) is 4.79 Å². The second-order valence-corrected chi connectivity index (χ2v) is 5.11. The maximum Gasteiger partial charge on any atom is 0.341 e. The number of methoxy groups -OCH3 is 1. The standard InChI is InChI=1S/C10H10F2O4S/c1-6(13)7-3-4-9(8(5-7)16-2)17(14,15)10(11)12/h3-5,10H,1-2H3. The number of alkyl halides is 2. The van der Waals surface area contributed by atoms with Crippen molar-refractivity contribution >= 4 is 15.6 Å². The monoisotopic (exact) mass is 264 g/mol. The first-order chi connectivity index (χ1) is 7.80. The van der Waals surface area contributed by atoms with Crippen molar-refractivity contribution in [3.05, 3.63) is 23.8 Å². The van der Waals surface area contributed by atoms with E-state index in [2.05, 4.69) is 0 Å². The van der Waals surface area contributed by atoms with Crippen LogP contribution in [0.15, 0.2) is 23.1 Å². The van der Waals surface area contributed by atoms with Crippen molar-refractivity contribution in [2.24, 2.45) is 0 Å². The Morgan fingerprint density at radius 3 is 2.35 bits per heavy atom. The molecule has 0 aliphatic carbocycles. The molecule has 0 amide bonds. The number of benzene rings is 1. The van der Waals surface area contributed by atoms with Crippen LogP contribution in [-0.4, -0.2) is 27.1 Å². The first-order valence-corrected chi connectivity index (χ1v) is 6.06. The van der Waals surface area contributed by atoms with Crippen LogP contribution in [-0.2, 0) is 9.84 Å². The lowest BCUT2D eigenvalue weighted by atomic mass is 10.1. The van der Waals surface area contributed by atoms with E-state index >= 15 is 0 Å². The number of ketones is 1. The number of sulfone groups is 1. The highest BCUT2D eigenvalue weighted by Crippen LogP contribution is 2.29. The second-order valence-electron chi connectivity index (χ2n) is 3.23. The van der Waals surface area contributed by atoms with Crippen molar-refractivity contribution in [2.45, 2.75) is 17.6 Å². The fourth-order valence-corrected chi connectivity index (χ4v) is 2.09. The van der Waals surface area contributed by atoms with Gasteiger partial charge in [-0.25, -0.2) is 8.42 Å². The van der Waals surface area contributed by atoms with Gasteiger partial charge in [0.1, 0.15) is 10.6 Å². The van der Waals surface area contributed by atoms with Crippen LogP contribution in [0.4, 0.5) is 8.78 Å². The molecule has 0 bridgehead atoms. The molecule has 7 heteroatoms. The number of carbonyl (C=O) groups excluding carboxylic acids is 1. The molecule has 0 heterocycles. The SMILES string of the molecule is COc1cc(C(C)=O)ccc1S(=O)(=O)C(F)F. The van der Waals surface area contributed by atoms with Crippen LogP contribution in [0.3, 0.4) is 0 Å². The highest BCUT2D eigenvalue weighted by atomic mass is 32.2. The van der Waals surface area contributed by atoms with E-state index in [4.69, 9.17) is 4.74 Å². The topological polar surface area (TPSA) is 60.4 Å². The number of Topliss-reactive ketones (excluding diaryl/α,β-unsaturated/α-hetero) is 1. The number of hydrogen-bond acceptors (Lipinski definition) is 4. The maximum absolute atomic E-state index is 12.4. The van der Waals surface area contributed by atoms with E-state index < -0.39 is 20.5 Å². The molecule has 0 unspecified atom stereocenters. The molecule has 0 radical (unpaired) electrons. The van der Waals surface area contributed by atoms with Crippen molar-refractivity contribution in [3.8, 4) is 5.75 Å². The van der Waals surface area contributed by atoms with Gasteiger partial charge in [0, 0.05) is 5.56 Å². The Morgan fingerprint density at radius 1 is 1.35 bits per heavy atom. The summed E-state index contributed by atoms with van der Waals surface area (Å²) in [6.07, 6.45) is 0. The Morgan fingerprint density at radius 2 is 1.94 bits per heavy atom. The van der Waals surface area contributed by atoms with Gasteiger partial charge >= 0.3 is 5.76 Å². The number of ether oxygens (including phenoxy) is 1. The molecular formula is C10H10F2O4S. The Labute approximate surface area is 97.1 Å². The number of carbonyl (C=O) groups is 1. The van der Waals surface area contributed by atoms with E-state index in [1.807, 2.05) is 0 Å². The molecule has 0 N–H and O–H groups in total. The van der Waals surface area contributed by atoms with E-state index in [1.165, 1.54) is 13.0 Å². The maximum atomic E-state index is 12.4. The summed E-state index contributed by atoms with van der Waals surface area (Å²) in [5.74, 6) is -4.11. The zero-order valence-corrected chi connectivity index (χ0v) is 9.92. The molecular weight excluding hydrogens is 254 g/mol. The smallest absolute Gasteiger partial charge is 0.341 e. The minimum absolute atomic E-state index is 0.190. The van der Waals surface area contributed by atoms with Crippen molar-refractivity contribution in [3.63, 3.8) is 0 Å². The predicted octanol–water partition coefficient (Wildman–Crippen LogP) is 1.89. The molecule has 0 atom stereocenters. The van der Waals surface area contributed by atoms with Crippen molar-refractivity contribution in [1.82, 2.24) is 0 Å². The van der Waals surface area contributed by atoms with Gasteiger partial charge in [-0.1, -0.05) is 0 Å². The van der Waals surface area contributed by atoms with Gasteiger partial charge in [0.05, 0.1) is 7.11 Å². The number of halogens is 2. The summed E-state index contributed by atoms with van der Waals surface area (Å²) < 4.78 is 52.0. The third-order valence-corrected chi connectivity index (χ3v) is 3.53. The summed E-state index contributed by atoms with van der Waals surface area (Å²) in [6, 6.07) is 3.23. The van der Waals surface area contributed by atoms with Crippen LogP contribution < -0.4 is 4.74 Å². The normalized spacial score (nSPS) is 11.6. The van der Waals surface area contributed by atoms with E-state index in [9.17, 15) is 22.0 Å². The highest BCUT2D eigenvalue weighted by molar-refractivity contribution is 7.91. The minimum atomic E-state index is -4.73. The minimum Gasteiger partial charge on any atom is -0.495 e. The van der Waals surface area contributed by atoms with Crippen molar-refractivity contribution in [2.75, 3.05) is 7.11 Å². The fraction of sp³-hybridized carbons (Fsp3) is 0.300. The molecule has 0 fully saturated rings. The molecule has 94 valence electrons. The summed E-state index contributed by atoms with van der Waals surface area (Å²) in [4.78, 5) is 10.4. The molecule has 0 saturated heterocycles. The Bertz CT molecular complexity index is 537. The van der Waals surface area contributed by atoms with Crippen molar-refractivity contribution in [1.29, 1.82) is 0 Å². The first kappa shape index (κ1) is 13.6. The summed E-state index contributed by atoms with van der Waals surface area (Å²) >= 11 is 0. The molecule has 0 saturated carbocycles. The van der Waals surface area contributed by atoms with E-state index in [-0.39, 0.29) is 17.1 Å². The fourth-order valence-electron chi connectivity index (χ4n) is 1.22. The molecule has 4 nitrogen and oxygen atoms in total. The molecule has 1 rings (SSSR count). The molecule has 1 aromatic rings. The highest BCUT2D eigenvalue weighted by Gasteiger charge is 2.30. The van der Waals surface area contributed by atoms with Gasteiger partial charge in [0.25, 0.3) is 0 Å². The average Bonchev–Trinajstić information content (AvgIpc) is 2.27. The van der Waals surface area contributed by atoms with Gasteiger partial charge in [-0.2, -0.15) is 8.78 Å². The number of rotatable bonds is 4. The van der Waals surface area contributed by atoms with E-state index in [0.717, 1.165) is 19.2 Å². The summed E-state index contributed by atoms with van der Waals surface area (Å²) in [5.41, 5.74) is 0.190. The van der Waals surface area contributed by atoms with E-state index in [0.29, 0.717) is 0 Å². The van der Waals surface area contributed by atoms with Crippen LogP contribution in [0.1, 0.15) is 17.3 Å². The summed E-state index contributed by atoms with van der Waals surface area (Å²) in [6.45, 7) is 1.27. The third-order valence-electron chi connectivity index (χ3n) is 2.11. The molecule has 0 aromatic heterocycles. The lowest BCUT2D eigenvalue weighted by molar-refractivity contribution is 0.101. The third kappa shape index (κ3) is 2.60. The Balaban J connectivity index is 3.42. The lowest BCUT2D eigenvalue weighted by Gasteiger charge is -2.09. The van der Waals surface area contributed by atoms with Crippen LogP contribution in [0, 0.1) is 0 Å². The van der Waals surface area contributed by atoms with Gasteiger partial charge < -0.3 is 4.74 Å². The Kier molecular flexibility index (Phi) is 3.82. The zero-order chi connectivity index (χ0) is 13.2. The second kappa shape index (κ2) is 4.79. The van der Waals surface area contributed by atoms with Crippen molar-refractivity contribution < 1.29 is 26.7 Å². The molecule has 0 aliphatic heterocycles. The van der Waals surface area contributed by atoms with E-state index in [1.54, 1.807) is 0 Å². The van der Waals surface area contributed by atoms with Gasteiger partial charge in [-0.05, 0) is 25.1 Å². The predicted molar refractivity (Wildman–Crippen MR) is 56.2 cm³/mol. The Hall–Kier alpha value is -1.50. The average molecular weight is 264 g/mol. The number of hydrogen-bond donors (Lipinski definition) is 0.